The Hall–Kier alpha value is -1.61. The minimum absolute atomic E-state index is 0.0150. The zero-order valence-electron chi connectivity index (χ0n) is 14.7. The van der Waals surface area contributed by atoms with Crippen molar-refractivity contribution in [3.05, 3.63) is 29.8 Å². The quantitative estimate of drug-likeness (QED) is 0.837. The standard InChI is InChI=1S/C17H23F3N2O3S/c1-3-12(2)21-26(24,25)15-8-6-13(7-9-15)16(23)22-10-4-5-14(11-22)17(18,19)20/h6-9,12,14,21H,3-5,10-11H2,1-2H3. The fourth-order valence-electron chi connectivity index (χ4n) is 2.80. The van der Waals surface area contributed by atoms with Crippen LogP contribution in [0.4, 0.5) is 13.2 Å². The van der Waals surface area contributed by atoms with Crippen LogP contribution in [-0.2, 0) is 10.0 Å². The van der Waals surface area contributed by atoms with Crippen LogP contribution in [0, 0.1) is 5.92 Å². The fraction of sp³-hybridized carbons (Fsp3) is 0.588. The number of rotatable bonds is 5. The molecular weight excluding hydrogens is 369 g/mol. The van der Waals surface area contributed by atoms with Crippen molar-refractivity contribution in [2.45, 2.75) is 50.2 Å². The monoisotopic (exact) mass is 392 g/mol. The molecule has 2 unspecified atom stereocenters. The molecular formula is C17H23F3N2O3S. The van der Waals surface area contributed by atoms with Crippen LogP contribution in [0.15, 0.2) is 29.2 Å². The van der Waals surface area contributed by atoms with E-state index in [0.29, 0.717) is 12.8 Å². The molecule has 1 aliphatic rings. The van der Waals surface area contributed by atoms with Crippen LogP contribution in [0.3, 0.4) is 0 Å². The molecule has 0 aliphatic carbocycles. The first-order chi connectivity index (χ1) is 12.0. The Balaban J connectivity index is 2.11. The van der Waals surface area contributed by atoms with Gasteiger partial charge in [0.05, 0.1) is 10.8 Å². The molecule has 1 heterocycles. The molecule has 5 nitrogen and oxygen atoms in total. The maximum Gasteiger partial charge on any atom is 0.393 e. The molecule has 1 amide bonds. The predicted molar refractivity (Wildman–Crippen MR) is 91.2 cm³/mol. The number of benzene rings is 1. The highest BCUT2D eigenvalue weighted by Crippen LogP contribution is 2.33. The second-order valence-corrected chi connectivity index (χ2v) is 8.30. The first-order valence-electron chi connectivity index (χ1n) is 8.53. The number of carbonyl (C=O) groups excluding carboxylic acids is 1. The Morgan fingerprint density at radius 3 is 2.46 bits per heavy atom. The van der Waals surface area contributed by atoms with E-state index in [1.165, 1.54) is 29.2 Å². The van der Waals surface area contributed by atoms with Crippen molar-refractivity contribution in [3.63, 3.8) is 0 Å². The van der Waals surface area contributed by atoms with Gasteiger partial charge in [-0.25, -0.2) is 13.1 Å². The van der Waals surface area contributed by atoms with E-state index in [-0.39, 0.29) is 36.0 Å². The van der Waals surface area contributed by atoms with Gasteiger partial charge < -0.3 is 4.90 Å². The molecule has 0 saturated carbocycles. The highest BCUT2D eigenvalue weighted by Gasteiger charge is 2.42. The van der Waals surface area contributed by atoms with Crippen molar-refractivity contribution in [2.75, 3.05) is 13.1 Å². The third kappa shape index (κ3) is 4.97. The van der Waals surface area contributed by atoms with Gasteiger partial charge in [0, 0.05) is 24.7 Å². The van der Waals surface area contributed by atoms with Crippen LogP contribution in [0.1, 0.15) is 43.5 Å². The van der Waals surface area contributed by atoms with Crippen molar-refractivity contribution >= 4 is 15.9 Å². The summed E-state index contributed by atoms with van der Waals surface area (Å²) in [5.74, 6) is -2.03. The molecule has 1 N–H and O–H groups in total. The molecule has 2 atom stereocenters. The number of hydrogen-bond donors (Lipinski definition) is 1. The largest absolute Gasteiger partial charge is 0.393 e. The van der Waals surface area contributed by atoms with Gasteiger partial charge >= 0.3 is 6.18 Å². The molecule has 0 bridgehead atoms. The lowest BCUT2D eigenvalue weighted by molar-refractivity contribution is -0.184. The zero-order chi connectivity index (χ0) is 19.5. The van der Waals surface area contributed by atoms with E-state index in [4.69, 9.17) is 0 Å². The Morgan fingerprint density at radius 1 is 1.31 bits per heavy atom. The van der Waals surface area contributed by atoms with Gasteiger partial charge in [-0.2, -0.15) is 13.2 Å². The summed E-state index contributed by atoms with van der Waals surface area (Å²) in [6.45, 7) is 3.49. The van der Waals surface area contributed by atoms with E-state index >= 15 is 0 Å². The Bertz CT molecular complexity index is 733. The first-order valence-corrected chi connectivity index (χ1v) is 10.0. The molecule has 0 aromatic heterocycles. The molecule has 1 saturated heterocycles. The number of piperidine rings is 1. The van der Waals surface area contributed by atoms with Gasteiger partial charge in [0.1, 0.15) is 0 Å². The SMILES string of the molecule is CCC(C)NS(=O)(=O)c1ccc(C(=O)N2CCCC(C(F)(F)F)C2)cc1. The summed E-state index contributed by atoms with van der Waals surface area (Å²) in [5.41, 5.74) is 0.176. The lowest BCUT2D eigenvalue weighted by Gasteiger charge is -2.33. The molecule has 0 spiro atoms. The summed E-state index contributed by atoms with van der Waals surface area (Å²) in [4.78, 5) is 13.6. The number of hydrogen-bond acceptors (Lipinski definition) is 3. The molecule has 0 radical (unpaired) electrons. The van der Waals surface area contributed by atoms with Gasteiger partial charge in [-0.3, -0.25) is 4.79 Å². The highest BCUT2D eigenvalue weighted by atomic mass is 32.2. The summed E-state index contributed by atoms with van der Waals surface area (Å²) < 4.78 is 65.6. The summed E-state index contributed by atoms with van der Waals surface area (Å²) in [7, 11) is -3.69. The highest BCUT2D eigenvalue weighted by molar-refractivity contribution is 7.89. The van der Waals surface area contributed by atoms with Gasteiger partial charge in [-0.05, 0) is 50.5 Å². The number of carbonyl (C=O) groups is 1. The number of likely N-dealkylation sites (tertiary alicyclic amines) is 1. The number of halogens is 3. The number of amides is 1. The van der Waals surface area contributed by atoms with Gasteiger partial charge in [-0.1, -0.05) is 6.92 Å². The minimum atomic E-state index is -4.32. The second kappa shape index (κ2) is 7.96. The summed E-state index contributed by atoms with van der Waals surface area (Å²) in [5, 5.41) is 0. The Kier molecular flexibility index (Phi) is 6.33. The molecule has 1 aliphatic heterocycles. The first kappa shape index (κ1) is 20.7. The van der Waals surface area contributed by atoms with Crippen molar-refractivity contribution in [2.24, 2.45) is 5.92 Å². The average Bonchev–Trinajstić information content (AvgIpc) is 2.60. The second-order valence-electron chi connectivity index (χ2n) is 6.59. The summed E-state index contributed by atoms with van der Waals surface area (Å²) in [6, 6.07) is 5.04. The number of sulfonamides is 1. The topological polar surface area (TPSA) is 66.5 Å². The predicted octanol–water partition coefficient (Wildman–Crippen LogP) is 3.18. The van der Waals surface area contributed by atoms with Crippen molar-refractivity contribution in [1.29, 1.82) is 0 Å². The minimum Gasteiger partial charge on any atom is -0.338 e. The Labute approximate surface area is 151 Å². The van der Waals surface area contributed by atoms with Gasteiger partial charge in [0.2, 0.25) is 10.0 Å². The van der Waals surface area contributed by atoms with Crippen LogP contribution in [-0.4, -0.2) is 44.5 Å². The Morgan fingerprint density at radius 2 is 1.92 bits per heavy atom. The van der Waals surface area contributed by atoms with Gasteiger partial charge in [0.25, 0.3) is 5.91 Å². The summed E-state index contributed by atoms with van der Waals surface area (Å²) in [6.07, 6.45) is -3.38. The molecule has 26 heavy (non-hydrogen) atoms. The maximum absolute atomic E-state index is 12.9. The normalized spacial score (nSPS) is 20.0. The van der Waals surface area contributed by atoms with Crippen molar-refractivity contribution < 1.29 is 26.4 Å². The van der Waals surface area contributed by atoms with Crippen LogP contribution in [0.2, 0.25) is 0 Å². The third-order valence-electron chi connectivity index (χ3n) is 4.55. The van der Waals surface area contributed by atoms with E-state index < -0.39 is 28.0 Å². The maximum atomic E-state index is 12.9. The number of alkyl halides is 3. The smallest absolute Gasteiger partial charge is 0.338 e. The number of nitrogens with zero attached hydrogens (tertiary/aromatic N) is 1. The van der Waals surface area contributed by atoms with Gasteiger partial charge in [-0.15, -0.1) is 0 Å². The molecule has 9 heteroatoms. The lowest BCUT2D eigenvalue weighted by atomic mass is 9.97. The lowest BCUT2D eigenvalue weighted by Crippen LogP contribution is -2.44. The van der Waals surface area contributed by atoms with E-state index in [0.717, 1.165) is 0 Å². The van der Waals surface area contributed by atoms with E-state index in [2.05, 4.69) is 4.72 Å². The zero-order valence-corrected chi connectivity index (χ0v) is 15.5. The summed E-state index contributed by atoms with van der Waals surface area (Å²) >= 11 is 0. The van der Waals surface area contributed by atoms with Gasteiger partial charge in [0.15, 0.2) is 0 Å². The molecule has 1 aromatic rings. The molecule has 2 rings (SSSR count). The fourth-order valence-corrected chi connectivity index (χ4v) is 4.13. The average molecular weight is 392 g/mol. The molecule has 1 aromatic carbocycles. The molecule has 1 fully saturated rings. The van der Waals surface area contributed by atoms with Crippen LogP contribution in [0.25, 0.3) is 0 Å². The number of nitrogens with one attached hydrogen (secondary N) is 1. The van der Waals surface area contributed by atoms with Crippen LogP contribution in [0.5, 0.6) is 0 Å². The third-order valence-corrected chi connectivity index (χ3v) is 6.16. The van der Waals surface area contributed by atoms with E-state index in [1.807, 2.05) is 6.92 Å². The molecule has 146 valence electrons. The van der Waals surface area contributed by atoms with Crippen molar-refractivity contribution in [3.8, 4) is 0 Å². The van der Waals surface area contributed by atoms with Crippen LogP contribution < -0.4 is 4.72 Å². The van der Waals surface area contributed by atoms with E-state index in [9.17, 15) is 26.4 Å². The van der Waals surface area contributed by atoms with Crippen LogP contribution >= 0.6 is 0 Å². The van der Waals surface area contributed by atoms with Crippen molar-refractivity contribution in [1.82, 2.24) is 9.62 Å². The van der Waals surface area contributed by atoms with E-state index in [1.54, 1.807) is 6.92 Å².